The normalized spacial score (nSPS) is 12.1. The average molecular weight is 472 g/mol. The number of hydrogen-bond acceptors (Lipinski definition) is 4. The molecule has 0 aliphatic rings. The number of hydrogen-bond donors (Lipinski definition) is 1. The maximum Gasteiger partial charge on any atom is 0.224 e. The van der Waals surface area contributed by atoms with Crippen LogP contribution in [0.15, 0.2) is 66.7 Å². The van der Waals surface area contributed by atoms with E-state index in [0.717, 1.165) is 22.4 Å². The third-order valence-electron chi connectivity index (χ3n) is 6.25. The molecule has 1 unspecified atom stereocenters. The van der Waals surface area contributed by atoms with Gasteiger partial charge in [-0.25, -0.2) is 4.98 Å². The van der Waals surface area contributed by atoms with Gasteiger partial charge >= 0.3 is 0 Å². The molecule has 4 aromatic rings. The van der Waals surface area contributed by atoms with Crippen LogP contribution in [-0.4, -0.2) is 29.7 Å². The number of fused-ring (bicyclic) bond motifs is 1. The molecule has 0 fully saturated rings. The molecule has 3 aromatic carbocycles. The van der Waals surface area contributed by atoms with E-state index in [1.54, 1.807) is 14.2 Å². The number of methoxy groups -OCH3 is 2. The van der Waals surface area contributed by atoms with Crippen molar-refractivity contribution in [3.8, 4) is 11.5 Å². The number of benzene rings is 3. The zero-order chi connectivity index (χ0) is 24.9. The molecule has 1 atom stereocenters. The van der Waals surface area contributed by atoms with Crippen molar-refractivity contribution in [2.24, 2.45) is 0 Å². The van der Waals surface area contributed by atoms with Gasteiger partial charge in [-0.15, -0.1) is 0 Å². The van der Waals surface area contributed by atoms with Gasteiger partial charge in [0.1, 0.15) is 5.82 Å². The molecule has 1 heterocycles. The number of carbonyl (C=O) groups excluding carboxylic acids is 1. The second kappa shape index (κ2) is 10.6. The highest BCUT2D eigenvalue weighted by atomic mass is 16.5. The molecule has 182 valence electrons. The number of imidazole rings is 1. The number of para-hydroxylation sites is 2. The summed E-state index contributed by atoms with van der Waals surface area (Å²) in [5.41, 5.74) is 5.34. The van der Waals surface area contributed by atoms with Crippen molar-refractivity contribution in [3.05, 3.63) is 89.2 Å². The molecule has 0 aliphatic heterocycles. The smallest absolute Gasteiger partial charge is 0.224 e. The van der Waals surface area contributed by atoms with Crippen molar-refractivity contribution in [1.29, 1.82) is 0 Å². The van der Waals surface area contributed by atoms with Gasteiger partial charge in [0.25, 0.3) is 0 Å². The van der Waals surface area contributed by atoms with E-state index in [-0.39, 0.29) is 18.4 Å². The molecule has 1 amide bonds. The van der Waals surface area contributed by atoms with Gasteiger partial charge in [0.2, 0.25) is 5.91 Å². The maximum absolute atomic E-state index is 12.9. The van der Waals surface area contributed by atoms with Crippen LogP contribution in [0, 0.1) is 0 Å². The molecule has 0 aliphatic carbocycles. The first-order valence-electron chi connectivity index (χ1n) is 11.9. The second-order valence-electron chi connectivity index (χ2n) is 9.10. The Bertz CT molecular complexity index is 1310. The fraction of sp³-hybridized carbons (Fsp3) is 0.310. The van der Waals surface area contributed by atoms with E-state index in [1.165, 1.54) is 11.1 Å². The summed E-state index contributed by atoms with van der Waals surface area (Å²) < 4.78 is 12.9. The van der Waals surface area contributed by atoms with Crippen molar-refractivity contribution in [2.45, 2.75) is 45.7 Å². The number of nitrogens with zero attached hydrogens (tertiary/aromatic N) is 2. The SMILES string of the molecule is COc1ccc(CC(=O)NC(C)c2nc3ccccc3n2Cc2ccc(C(C)C)cc2)cc1OC. The molecule has 1 N–H and O–H groups in total. The van der Waals surface area contributed by atoms with E-state index in [9.17, 15) is 4.79 Å². The quantitative estimate of drug-likeness (QED) is 0.343. The molecule has 0 spiro atoms. The number of rotatable bonds is 9. The summed E-state index contributed by atoms with van der Waals surface area (Å²) in [5.74, 6) is 2.50. The highest BCUT2D eigenvalue weighted by Gasteiger charge is 2.19. The number of nitrogens with one attached hydrogen (secondary N) is 1. The Hall–Kier alpha value is -3.80. The predicted octanol–water partition coefficient (Wildman–Crippen LogP) is 5.65. The van der Waals surface area contributed by atoms with Gasteiger partial charge in [-0.05, 0) is 53.8 Å². The lowest BCUT2D eigenvalue weighted by atomic mass is 10.0. The van der Waals surface area contributed by atoms with Crippen LogP contribution in [0.3, 0.4) is 0 Å². The summed E-state index contributed by atoms with van der Waals surface area (Å²) in [6.45, 7) is 7.06. The first-order valence-corrected chi connectivity index (χ1v) is 11.9. The lowest BCUT2D eigenvalue weighted by Crippen LogP contribution is -2.30. The number of amides is 1. The Kier molecular flexibility index (Phi) is 7.39. The van der Waals surface area contributed by atoms with E-state index < -0.39 is 0 Å². The lowest BCUT2D eigenvalue weighted by molar-refractivity contribution is -0.121. The molecule has 6 heteroatoms. The van der Waals surface area contributed by atoms with Crippen LogP contribution in [0.25, 0.3) is 11.0 Å². The molecule has 0 saturated carbocycles. The fourth-order valence-corrected chi connectivity index (χ4v) is 4.31. The summed E-state index contributed by atoms with van der Waals surface area (Å²) in [5, 5.41) is 3.13. The Morgan fingerprint density at radius 2 is 1.60 bits per heavy atom. The van der Waals surface area contributed by atoms with E-state index in [0.29, 0.717) is 24.0 Å². The van der Waals surface area contributed by atoms with E-state index in [2.05, 4.69) is 54.1 Å². The van der Waals surface area contributed by atoms with E-state index >= 15 is 0 Å². The molecule has 4 rings (SSSR count). The van der Waals surface area contributed by atoms with Gasteiger partial charge in [-0.3, -0.25) is 4.79 Å². The van der Waals surface area contributed by atoms with Crippen LogP contribution in [0.4, 0.5) is 0 Å². The van der Waals surface area contributed by atoms with Gasteiger partial charge in [-0.2, -0.15) is 0 Å². The molecular formula is C29H33N3O3. The van der Waals surface area contributed by atoms with Gasteiger partial charge in [0, 0.05) is 6.54 Å². The minimum Gasteiger partial charge on any atom is -0.493 e. The number of aromatic nitrogens is 2. The van der Waals surface area contributed by atoms with Crippen LogP contribution in [-0.2, 0) is 17.8 Å². The van der Waals surface area contributed by atoms with Crippen LogP contribution in [0.1, 0.15) is 55.2 Å². The molecule has 0 saturated heterocycles. The Morgan fingerprint density at radius 1 is 0.914 bits per heavy atom. The minimum atomic E-state index is -0.259. The lowest BCUT2D eigenvalue weighted by Gasteiger charge is -2.17. The summed E-state index contributed by atoms with van der Waals surface area (Å²) in [6, 6.07) is 22.1. The highest BCUT2D eigenvalue weighted by molar-refractivity contribution is 5.80. The van der Waals surface area contributed by atoms with Crippen LogP contribution < -0.4 is 14.8 Å². The maximum atomic E-state index is 12.9. The average Bonchev–Trinajstić information content (AvgIpc) is 3.22. The Balaban J connectivity index is 1.55. The predicted molar refractivity (Wildman–Crippen MR) is 139 cm³/mol. The van der Waals surface area contributed by atoms with Crippen LogP contribution >= 0.6 is 0 Å². The summed E-state index contributed by atoms with van der Waals surface area (Å²) in [6.07, 6.45) is 0.238. The van der Waals surface area contributed by atoms with Gasteiger partial charge in [0.05, 0.1) is 37.7 Å². The molecule has 0 radical (unpaired) electrons. The van der Waals surface area contributed by atoms with Crippen LogP contribution in [0.2, 0.25) is 0 Å². The van der Waals surface area contributed by atoms with Crippen molar-refractivity contribution in [2.75, 3.05) is 14.2 Å². The standard InChI is InChI=1S/C29H33N3O3/c1-19(2)23-13-10-21(11-14-23)18-32-25-9-7-6-8-24(25)31-29(32)20(3)30-28(33)17-22-12-15-26(34-4)27(16-22)35-5/h6-16,19-20H,17-18H2,1-5H3,(H,30,33). The molecule has 0 bridgehead atoms. The van der Waals surface area contributed by atoms with Crippen LogP contribution in [0.5, 0.6) is 11.5 Å². The molecular weight excluding hydrogens is 438 g/mol. The minimum absolute atomic E-state index is 0.0791. The first-order chi connectivity index (χ1) is 16.9. The Morgan fingerprint density at radius 3 is 2.29 bits per heavy atom. The van der Waals surface area contributed by atoms with Gasteiger partial charge in [0.15, 0.2) is 11.5 Å². The second-order valence-corrected chi connectivity index (χ2v) is 9.10. The number of carbonyl (C=O) groups is 1. The summed E-state index contributed by atoms with van der Waals surface area (Å²) in [7, 11) is 3.18. The van der Waals surface area contributed by atoms with Crippen molar-refractivity contribution >= 4 is 16.9 Å². The van der Waals surface area contributed by atoms with Gasteiger partial charge in [-0.1, -0.05) is 56.3 Å². The monoisotopic (exact) mass is 471 g/mol. The summed E-state index contributed by atoms with van der Waals surface area (Å²) >= 11 is 0. The zero-order valence-electron chi connectivity index (χ0n) is 21.0. The van der Waals surface area contributed by atoms with Crippen molar-refractivity contribution < 1.29 is 14.3 Å². The first kappa shape index (κ1) is 24.3. The highest BCUT2D eigenvalue weighted by Crippen LogP contribution is 2.28. The topological polar surface area (TPSA) is 65.4 Å². The largest absolute Gasteiger partial charge is 0.493 e. The summed E-state index contributed by atoms with van der Waals surface area (Å²) in [4.78, 5) is 17.8. The molecule has 35 heavy (non-hydrogen) atoms. The fourth-order valence-electron chi connectivity index (χ4n) is 4.31. The van der Waals surface area contributed by atoms with Gasteiger partial charge < -0.3 is 19.4 Å². The molecule has 1 aromatic heterocycles. The third-order valence-corrected chi connectivity index (χ3v) is 6.25. The van der Waals surface area contributed by atoms with Crippen molar-refractivity contribution in [3.63, 3.8) is 0 Å². The Labute approximate surface area is 206 Å². The van der Waals surface area contributed by atoms with Crippen molar-refractivity contribution in [1.82, 2.24) is 14.9 Å². The van der Waals surface area contributed by atoms with E-state index in [1.807, 2.05) is 43.3 Å². The third kappa shape index (κ3) is 5.48. The van der Waals surface area contributed by atoms with E-state index in [4.69, 9.17) is 14.5 Å². The zero-order valence-corrected chi connectivity index (χ0v) is 21.0. The molecule has 6 nitrogen and oxygen atoms in total. The number of ether oxygens (including phenoxy) is 2.